The van der Waals surface area contributed by atoms with Gasteiger partial charge in [-0.3, -0.25) is 14.4 Å². The highest BCUT2D eigenvalue weighted by atomic mass is 16.6. The minimum Gasteiger partial charge on any atom is -0.497 e. The third-order valence-corrected chi connectivity index (χ3v) is 9.70. The van der Waals surface area contributed by atoms with Gasteiger partial charge in [-0.25, -0.2) is 9.59 Å². The molecule has 2 heterocycles. The summed E-state index contributed by atoms with van der Waals surface area (Å²) in [5, 5.41) is 5.77. The van der Waals surface area contributed by atoms with Crippen molar-refractivity contribution in [3.05, 3.63) is 29.8 Å². The zero-order valence-electron chi connectivity index (χ0n) is 33.3. The number of nitrogens with one attached hydrogen (secondary N) is 2. The normalized spacial score (nSPS) is 16.5. The number of esters is 1. The highest BCUT2D eigenvalue weighted by Gasteiger charge is 2.31. The molecule has 0 aliphatic carbocycles. The van der Waals surface area contributed by atoms with Crippen molar-refractivity contribution in [1.29, 1.82) is 0 Å². The smallest absolute Gasteiger partial charge is 0.410 e. The number of hydrogen-bond donors (Lipinski definition) is 2. The molecular weight excluding hydrogens is 680 g/mol. The third kappa shape index (κ3) is 15.9. The molecule has 1 unspecified atom stereocenters. The van der Waals surface area contributed by atoms with E-state index in [0.29, 0.717) is 62.2 Å². The number of piperidine rings is 2. The topological polar surface area (TPSA) is 153 Å². The maximum atomic E-state index is 13.7. The molecule has 3 rings (SSSR count). The molecule has 0 spiro atoms. The Balaban J connectivity index is 1.60. The summed E-state index contributed by atoms with van der Waals surface area (Å²) in [5.74, 6) is 0.0691. The Morgan fingerprint density at radius 2 is 1.25 bits per heavy atom. The summed E-state index contributed by atoms with van der Waals surface area (Å²) < 4.78 is 21.5. The van der Waals surface area contributed by atoms with E-state index in [-0.39, 0.29) is 43.6 Å². The summed E-state index contributed by atoms with van der Waals surface area (Å²) in [4.78, 5) is 67.9. The second kappa shape index (κ2) is 20.4. The maximum absolute atomic E-state index is 13.7. The van der Waals surface area contributed by atoms with Crippen LogP contribution in [0.2, 0.25) is 0 Å². The first-order valence-electron chi connectivity index (χ1n) is 19.3. The van der Waals surface area contributed by atoms with Gasteiger partial charge in [0.05, 0.1) is 32.7 Å². The lowest BCUT2D eigenvalue weighted by Crippen LogP contribution is -2.43. The number of benzene rings is 1. The first kappa shape index (κ1) is 43.4. The predicted octanol–water partition coefficient (Wildman–Crippen LogP) is 6.39. The quantitative estimate of drug-likeness (QED) is 0.154. The van der Waals surface area contributed by atoms with Crippen LogP contribution in [0.15, 0.2) is 24.3 Å². The predicted molar refractivity (Wildman–Crippen MR) is 201 cm³/mol. The number of methoxy groups -OCH3 is 1. The zero-order chi connectivity index (χ0) is 39.2. The van der Waals surface area contributed by atoms with Crippen molar-refractivity contribution in [2.24, 2.45) is 17.8 Å². The Kier molecular flexibility index (Phi) is 16.7. The Morgan fingerprint density at radius 3 is 1.66 bits per heavy atom. The molecule has 2 N–H and O–H groups in total. The summed E-state index contributed by atoms with van der Waals surface area (Å²) in [6.45, 7) is 15.4. The van der Waals surface area contributed by atoms with Gasteiger partial charge in [0.15, 0.2) is 0 Å². The molecule has 13 nitrogen and oxygen atoms in total. The summed E-state index contributed by atoms with van der Waals surface area (Å²) in [6.07, 6.45) is 5.73. The average Bonchev–Trinajstić information content (AvgIpc) is 3.09. The van der Waals surface area contributed by atoms with E-state index in [1.54, 1.807) is 48.1 Å². The van der Waals surface area contributed by atoms with Crippen LogP contribution >= 0.6 is 0 Å². The van der Waals surface area contributed by atoms with Crippen LogP contribution in [0.25, 0.3) is 0 Å². The third-order valence-electron chi connectivity index (χ3n) is 9.70. The van der Waals surface area contributed by atoms with E-state index in [4.69, 9.17) is 18.9 Å². The molecule has 1 aromatic carbocycles. The fourth-order valence-electron chi connectivity index (χ4n) is 6.77. The maximum Gasteiger partial charge on any atom is 0.410 e. The van der Waals surface area contributed by atoms with Crippen LogP contribution in [-0.4, -0.2) is 97.4 Å². The lowest BCUT2D eigenvalue weighted by Gasteiger charge is -2.34. The number of nitrogens with zero attached hydrogens (tertiary/aromatic N) is 2. The standard InChI is InChI=1S/C40H64N4O9/c1-9-51-35(46)26-33(30-14-16-32(50-8)17-15-30)42-34(45)27-41-36(47)31(12-10-28-18-22-43(23-19-28)37(48)52-39(2,3)4)13-11-29-20-24-44(25-21-29)38(49)53-40(5,6)7/h14-17,28-29,31,33H,9-13,18-27H2,1-8H3,(H,41,47)(H,42,45). The number of likely N-dealkylation sites (tertiary alicyclic amines) is 2. The van der Waals surface area contributed by atoms with Crippen LogP contribution in [0.5, 0.6) is 5.75 Å². The van der Waals surface area contributed by atoms with Gasteiger partial charge in [-0.1, -0.05) is 12.1 Å². The summed E-state index contributed by atoms with van der Waals surface area (Å²) in [6, 6.07) is 6.45. The molecule has 4 amide bonds. The Hall–Kier alpha value is -4.03. The molecule has 298 valence electrons. The van der Waals surface area contributed by atoms with Gasteiger partial charge >= 0.3 is 18.2 Å². The second-order valence-electron chi connectivity index (χ2n) is 16.3. The van der Waals surface area contributed by atoms with Crippen molar-refractivity contribution in [3.8, 4) is 5.75 Å². The van der Waals surface area contributed by atoms with Gasteiger partial charge in [0.2, 0.25) is 11.8 Å². The van der Waals surface area contributed by atoms with Crippen LogP contribution in [-0.2, 0) is 28.6 Å². The molecule has 2 saturated heterocycles. The highest BCUT2D eigenvalue weighted by Crippen LogP contribution is 2.30. The average molecular weight is 745 g/mol. The fourth-order valence-corrected chi connectivity index (χ4v) is 6.77. The molecule has 0 bridgehead atoms. The van der Waals surface area contributed by atoms with Crippen molar-refractivity contribution in [3.63, 3.8) is 0 Å². The molecule has 0 radical (unpaired) electrons. The summed E-state index contributed by atoms with van der Waals surface area (Å²) in [5.41, 5.74) is -0.378. The molecule has 2 fully saturated rings. The number of amides is 4. The van der Waals surface area contributed by atoms with E-state index in [1.165, 1.54) is 0 Å². The van der Waals surface area contributed by atoms with E-state index in [9.17, 15) is 24.0 Å². The van der Waals surface area contributed by atoms with Crippen molar-refractivity contribution in [1.82, 2.24) is 20.4 Å². The van der Waals surface area contributed by atoms with Crippen LogP contribution in [0, 0.1) is 17.8 Å². The van der Waals surface area contributed by atoms with E-state index >= 15 is 0 Å². The zero-order valence-corrected chi connectivity index (χ0v) is 33.3. The molecule has 1 atom stereocenters. The lowest BCUT2D eigenvalue weighted by molar-refractivity contribution is -0.144. The minimum atomic E-state index is -0.641. The number of carbonyl (C=O) groups is 5. The Labute approximate surface area is 316 Å². The van der Waals surface area contributed by atoms with E-state index in [2.05, 4.69) is 10.6 Å². The van der Waals surface area contributed by atoms with Gasteiger partial charge in [-0.15, -0.1) is 0 Å². The van der Waals surface area contributed by atoms with Crippen molar-refractivity contribution in [2.75, 3.05) is 46.4 Å². The molecular formula is C40H64N4O9. The fraction of sp³-hybridized carbons (Fsp3) is 0.725. The lowest BCUT2D eigenvalue weighted by atomic mass is 9.84. The molecule has 0 saturated carbocycles. The highest BCUT2D eigenvalue weighted by molar-refractivity contribution is 5.86. The van der Waals surface area contributed by atoms with E-state index in [0.717, 1.165) is 38.5 Å². The van der Waals surface area contributed by atoms with Crippen LogP contribution in [0.4, 0.5) is 9.59 Å². The van der Waals surface area contributed by atoms with Crippen molar-refractivity contribution in [2.45, 2.75) is 123 Å². The molecule has 2 aliphatic rings. The minimum absolute atomic E-state index is 0.0536. The Morgan fingerprint density at radius 1 is 0.774 bits per heavy atom. The van der Waals surface area contributed by atoms with Gasteiger partial charge in [0.25, 0.3) is 0 Å². The number of ether oxygens (including phenoxy) is 4. The van der Waals surface area contributed by atoms with Gasteiger partial charge in [0.1, 0.15) is 17.0 Å². The summed E-state index contributed by atoms with van der Waals surface area (Å²) >= 11 is 0. The van der Waals surface area contributed by atoms with Gasteiger partial charge in [-0.2, -0.15) is 0 Å². The summed E-state index contributed by atoms with van der Waals surface area (Å²) in [7, 11) is 1.56. The van der Waals surface area contributed by atoms with Crippen LogP contribution in [0.3, 0.4) is 0 Å². The number of hydrogen-bond acceptors (Lipinski definition) is 9. The van der Waals surface area contributed by atoms with E-state index < -0.39 is 29.1 Å². The van der Waals surface area contributed by atoms with Crippen molar-refractivity contribution < 1.29 is 42.9 Å². The van der Waals surface area contributed by atoms with Gasteiger partial charge in [-0.05, 0) is 129 Å². The van der Waals surface area contributed by atoms with Crippen LogP contribution in [0.1, 0.15) is 118 Å². The Bertz CT molecular complexity index is 1290. The first-order chi connectivity index (χ1) is 25.0. The van der Waals surface area contributed by atoms with Crippen molar-refractivity contribution >= 4 is 30.0 Å². The molecule has 0 aromatic heterocycles. The number of rotatable bonds is 15. The second-order valence-corrected chi connectivity index (χ2v) is 16.3. The van der Waals surface area contributed by atoms with E-state index in [1.807, 2.05) is 41.5 Å². The number of carbonyl (C=O) groups excluding carboxylic acids is 5. The van der Waals surface area contributed by atoms with Crippen LogP contribution < -0.4 is 15.4 Å². The molecule has 2 aliphatic heterocycles. The first-order valence-corrected chi connectivity index (χ1v) is 19.3. The molecule has 53 heavy (non-hydrogen) atoms. The SMILES string of the molecule is CCOC(=O)CC(NC(=O)CNC(=O)C(CCC1CCN(C(=O)OC(C)(C)C)CC1)CCC1CCN(C(=O)OC(C)(C)C)CC1)c1ccc(OC)cc1. The largest absolute Gasteiger partial charge is 0.497 e. The molecule has 1 aromatic rings. The molecule has 13 heteroatoms. The van der Waals surface area contributed by atoms with Gasteiger partial charge in [0, 0.05) is 32.1 Å². The monoisotopic (exact) mass is 744 g/mol. The van der Waals surface area contributed by atoms with Gasteiger partial charge < -0.3 is 39.4 Å².